The lowest BCUT2D eigenvalue weighted by molar-refractivity contribution is 0.0189. The van der Waals surface area contributed by atoms with Crippen molar-refractivity contribution in [2.45, 2.75) is 12.2 Å². The topological polar surface area (TPSA) is 61.9 Å². The average molecular weight is 443 g/mol. The van der Waals surface area contributed by atoms with Crippen LogP contribution in [0.3, 0.4) is 0 Å². The number of rotatable bonds is 6. The molecule has 3 heterocycles. The summed E-state index contributed by atoms with van der Waals surface area (Å²) in [5, 5.41) is 0. The van der Waals surface area contributed by atoms with Gasteiger partial charge in [-0.2, -0.15) is 0 Å². The van der Waals surface area contributed by atoms with E-state index in [1.54, 1.807) is 14.2 Å². The minimum atomic E-state index is 0.0164. The van der Waals surface area contributed by atoms with E-state index in [0.29, 0.717) is 36.2 Å². The summed E-state index contributed by atoms with van der Waals surface area (Å²) >= 11 is 0. The highest BCUT2D eigenvalue weighted by molar-refractivity contribution is 5.52. The average Bonchev–Trinajstić information content (AvgIpc) is 2.84. The van der Waals surface area contributed by atoms with Crippen LogP contribution in [0.4, 0.5) is 0 Å². The third-order valence-electron chi connectivity index (χ3n) is 6.13. The molecule has 0 saturated carbocycles. The van der Waals surface area contributed by atoms with Crippen molar-refractivity contribution in [3.8, 4) is 34.5 Å². The van der Waals surface area contributed by atoms with Crippen molar-refractivity contribution in [1.82, 2.24) is 9.80 Å². The van der Waals surface area contributed by atoms with Gasteiger partial charge in [-0.15, -0.1) is 0 Å². The first kappa shape index (κ1) is 21.0. The van der Waals surface area contributed by atoms with Crippen LogP contribution in [0.15, 0.2) is 36.4 Å². The first-order chi connectivity index (χ1) is 15.7. The van der Waals surface area contributed by atoms with Crippen molar-refractivity contribution in [2.75, 3.05) is 66.7 Å². The summed E-state index contributed by atoms with van der Waals surface area (Å²) in [7, 11) is 3.29. The Morgan fingerprint density at radius 3 is 1.56 bits per heavy atom. The van der Waals surface area contributed by atoms with Crippen molar-refractivity contribution in [2.24, 2.45) is 0 Å². The number of methoxy groups -OCH3 is 2. The fraction of sp³-hybridized carbons (Fsp3) is 0.500. The minimum Gasteiger partial charge on any atom is -0.493 e. The highest BCUT2D eigenvalue weighted by Gasteiger charge is 2.30. The summed E-state index contributed by atoms with van der Waals surface area (Å²) in [6.45, 7) is 6.71. The van der Waals surface area contributed by atoms with Crippen molar-refractivity contribution < 1.29 is 28.4 Å². The smallest absolute Gasteiger partial charge is 0.203 e. The fourth-order valence-corrected chi connectivity index (χ4v) is 4.47. The molecule has 2 atom stereocenters. The summed E-state index contributed by atoms with van der Waals surface area (Å²) in [5.41, 5.74) is 0. The Balaban J connectivity index is 1.09. The van der Waals surface area contributed by atoms with Gasteiger partial charge in [0.15, 0.2) is 23.0 Å². The molecule has 0 radical (unpaired) electrons. The van der Waals surface area contributed by atoms with Gasteiger partial charge < -0.3 is 28.4 Å². The minimum absolute atomic E-state index is 0.0164. The van der Waals surface area contributed by atoms with Crippen LogP contribution in [0.1, 0.15) is 0 Å². The molecule has 8 nitrogen and oxygen atoms in total. The predicted octanol–water partition coefficient (Wildman–Crippen LogP) is 2.30. The van der Waals surface area contributed by atoms with Crippen LogP contribution in [0.2, 0.25) is 0 Å². The van der Waals surface area contributed by atoms with Crippen molar-refractivity contribution in [3.63, 3.8) is 0 Å². The van der Waals surface area contributed by atoms with Crippen LogP contribution in [0, 0.1) is 0 Å². The molecule has 172 valence electrons. The molecule has 0 amide bonds. The lowest BCUT2D eigenvalue weighted by Gasteiger charge is -2.39. The summed E-state index contributed by atoms with van der Waals surface area (Å²) in [6, 6.07) is 11.5. The largest absolute Gasteiger partial charge is 0.493 e. The van der Waals surface area contributed by atoms with Crippen LogP contribution in [0.25, 0.3) is 0 Å². The molecule has 2 aromatic carbocycles. The maximum Gasteiger partial charge on any atom is 0.203 e. The van der Waals surface area contributed by atoms with E-state index in [9.17, 15) is 0 Å². The number of hydrogen-bond acceptors (Lipinski definition) is 8. The van der Waals surface area contributed by atoms with Crippen LogP contribution < -0.4 is 28.4 Å². The van der Waals surface area contributed by atoms with E-state index in [1.807, 2.05) is 36.4 Å². The number of benzene rings is 2. The van der Waals surface area contributed by atoms with Gasteiger partial charge in [-0.1, -0.05) is 12.1 Å². The van der Waals surface area contributed by atoms with Gasteiger partial charge in [0.25, 0.3) is 0 Å². The fourth-order valence-electron chi connectivity index (χ4n) is 4.47. The Kier molecular flexibility index (Phi) is 6.14. The number of ether oxygens (including phenoxy) is 6. The van der Waals surface area contributed by atoms with Crippen LogP contribution in [-0.4, -0.2) is 88.7 Å². The third-order valence-corrected chi connectivity index (χ3v) is 6.13. The molecule has 1 fully saturated rings. The van der Waals surface area contributed by atoms with Gasteiger partial charge >= 0.3 is 0 Å². The lowest BCUT2D eigenvalue weighted by Crippen LogP contribution is -2.53. The molecule has 8 heteroatoms. The van der Waals surface area contributed by atoms with Crippen molar-refractivity contribution in [3.05, 3.63) is 36.4 Å². The van der Waals surface area contributed by atoms with E-state index in [1.165, 1.54) is 0 Å². The molecule has 0 bridgehead atoms. The molecule has 0 aliphatic carbocycles. The predicted molar refractivity (Wildman–Crippen MR) is 119 cm³/mol. The summed E-state index contributed by atoms with van der Waals surface area (Å²) in [4.78, 5) is 4.88. The molecule has 2 aromatic rings. The van der Waals surface area contributed by atoms with Gasteiger partial charge in [0, 0.05) is 39.3 Å². The maximum absolute atomic E-state index is 6.17. The molecule has 2 unspecified atom stereocenters. The van der Waals surface area contributed by atoms with E-state index >= 15 is 0 Å². The molecule has 1 saturated heterocycles. The first-order valence-electron chi connectivity index (χ1n) is 11.1. The van der Waals surface area contributed by atoms with Crippen LogP contribution in [-0.2, 0) is 0 Å². The molecule has 0 aromatic heterocycles. The summed E-state index contributed by atoms with van der Waals surface area (Å²) in [6.07, 6.45) is 0.0328. The molecule has 0 N–H and O–H groups in total. The Hall–Kier alpha value is -2.84. The molecule has 5 rings (SSSR count). The normalized spacial score (nSPS) is 22.9. The SMILES string of the molecule is COc1cccc2c1OCC(CN1CCN(CC3COc4c(OC)cccc4O3)CC1)O2. The van der Waals surface area contributed by atoms with Gasteiger partial charge in [0.05, 0.1) is 14.2 Å². The second-order valence-electron chi connectivity index (χ2n) is 8.28. The van der Waals surface area contributed by atoms with E-state index in [4.69, 9.17) is 28.4 Å². The van der Waals surface area contributed by atoms with E-state index < -0.39 is 0 Å². The number of nitrogens with zero attached hydrogens (tertiary/aromatic N) is 2. The van der Waals surface area contributed by atoms with Gasteiger partial charge in [-0.25, -0.2) is 0 Å². The van der Waals surface area contributed by atoms with Gasteiger partial charge in [-0.05, 0) is 24.3 Å². The van der Waals surface area contributed by atoms with Crippen molar-refractivity contribution >= 4 is 0 Å². The van der Waals surface area contributed by atoms with E-state index in [2.05, 4.69) is 9.80 Å². The Morgan fingerprint density at radius 1 is 0.719 bits per heavy atom. The molecule has 3 aliphatic heterocycles. The Labute approximate surface area is 188 Å². The molecular formula is C24H30N2O6. The van der Waals surface area contributed by atoms with E-state index in [0.717, 1.165) is 50.8 Å². The summed E-state index contributed by atoms with van der Waals surface area (Å²) in [5.74, 6) is 4.33. The van der Waals surface area contributed by atoms with Gasteiger partial charge in [0.1, 0.15) is 25.4 Å². The van der Waals surface area contributed by atoms with Crippen LogP contribution in [0.5, 0.6) is 34.5 Å². The zero-order chi connectivity index (χ0) is 21.9. The monoisotopic (exact) mass is 442 g/mol. The van der Waals surface area contributed by atoms with Gasteiger partial charge in [-0.3, -0.25) is 9.80 Å². The van der Waals surface area contributed by atoms with Crippen LogP contribution >= 0.6 is 0 Å². The second kappa shape index (κ2) is 9.34. The third kappa shape index (κ3) is 4.38. The lowest BCUT2D eigenvalue weighted by atomic mass is 10.2. The Morgan fingerprint density at radius 2 is 1.16 bits per heavy atom. The molecule has 32 heavy (non-hydrogen) atoms. The Bertz CT molecular complexity index is 855. The first-order valence-corrected chi connectivity index (χ1v) is 11.1. The molecule has 3 aliphatic rings. The van der Waals surface area contributed by atoms with Gasteiger partial charge in [0.2, 0.25) is 11.5 Å². The zero-order valence-electron chi connectivity index (χ0n) is 18.6. The number of para-hydroxylation sites is 2. The standard InChI is InChI=1S/C24H30N2O6/c1-27-19-5-3-7-21-23(19)29-15-17(31-21)13-25-9-11-26(12-10-25)14-18-16-30-24-20(28-2)6-4-8-22(24)32-18/h3-8,17-18H,9-16H2,1-2H3. The summed E-state index contributed by atoms with van der Waals surface area (Å²) < 4.78 is 34.9. The molecule has 0 spiro atoms. The number of piperazine rings is 1. The number of hydrogen-bond donors (Lipinski definition) is 0. The van der Waals surface area contributed by atoms with Crippen molar-refractivity contribution in [1.29, 1.82) is 0 Å². The maximum atomic E-state index is 6.17. The second-order valence-corrected chi connectivity index (χ2v) is 8.28. The highest BCUT2D eigenvalue weighted by Crippen LogP contribution is 2.41. The van der Waals surface area contributed by atoms with E-state index in [-0.39, 0.29) is 12.2 Å². The zero-order valence-corrected chi connectivity index (χ0v) is 18.6. The quantitative estimate of drug-likeness (QED) is 0.676. The molecular weight excluding hydrogens is 412 g/mol. The number of fused-ring (bicyclic) bond motifs is 2. The highest BCUT2D eigenvalue weighted by atomic mass is 16.6.